The minimum absolute atomic E-state index is 0.0118. The summed E-state index contributed by atoms with van der Waals surface area (Å²) in [5.41, 5.74) is 2.47. The van der Waals surface area contributed by atoms with Gasteiger partial charge in [-0.25, -0.2) is 4.79 Å². The van der Waals surface area contributed by atoms with Crippen molar-refractivity contribution in [3.63, 3.8) is 0 Å². The van der Waals surface area contributed by atoms with E-state index < -0.39 is 0 Å². The van der Waals surface area contributed by atoms with Crippen LogP contribution in [0, 0.1) is 6.92 Å². The summed E-state index contributed by atoms with van der Waals surface area (Å²) in [6.07, 6.45) is 1.72. The van der Waals surface area contributed by atoms with Crippen LogP contribution < -0.4 is 5.32 Å². The summed E-state index contributed by atoms with van der Waals surface area (Å²) in [6, 6.07) is 12.8. The standard InChI is InChI=1S/C21H20Cl2N4O2/c1-13-5-2-6-14(11-13)19-25-20(29-26-19)15-7-4-10-27(12-15)21(28)24-18-16(22)8-3-9-17(18)23/h2-3,5-6,8-9,11,15H,4,7,10,12H2,1H3,(H,24,28). The highest BCUT2D eigenvalue weighted by Crippen LogP contribution is 2.32. The molecule has 2 aromatic carbocycles. The van der Waals surface area contributed by atoms with E-state index in [0.29, 0.717) is 40.5 Å². The maximum absolute atomic E-state index is 12.7. The van der Waals surface area contributed by atoms with Crippen LogP contribution in [0.4, 0.5) is 10.5 Å². The van der Waals surface area contributed by atoms with Crippen molar-refractivity contribution in [1.82, 2.24) is 15.0 Å². The average Bonchev–Trinajstić information content (AvgIpc) is 3.21. The molecule has 150 valence electrons. The number of hydrogen-bond acceptors (Lipinski definition) is 4. The third kappa shape index (κ3) is 4.38. The van der Waals surface area contributed by atoms with Crippen molar-refractivity contribution in [2.45, 2.75) is 25.7 Å². The van der Waals surface area contributed by atoms with Crippen LogP contribution in [0.5, 0.6) is 0 Å². The average molecular weight is 431 g/mol. The van der Waals surface area contributed by atoms with Gasteiger partial charge in [-0.3, -0.25) is 0 Å². The van der Waals surface area contributed by atoms with Gasteiger partial charge in [0.1, 0.15) is 0 Å². The van der Waals surface area contributed by atoms with Gasteiger partial charge in [-0.1, -0.05) is 58.2 Å². The molecule has 1 fully saturated rings. The Hall–Kier alpha value is -2.57. The number of aromatic nitrogens is 2. The fourth-order valence-corrected chi connectivity index (χ4v) is 3.96. The van der Waals surface area contributed by atoms with Crippen LogP contribution in [0.2, 0.25) is 10.0 Å². The van der Waals surface area contributed by atoms with Gasteiger partial charge in [0.25, 0.3) is 0 Å². The third-order valence-electron chi connectivity index (χ3n) is 4.97. The number of nitrogens with one attached hydrogen (secondary N) is 1. The Morgan fingerprint density at radius 2 is 1.97 bits per heavy atom. The first-order valence-electron chi connectivity index (χ1n) is 9.42. The largest absolute Gasteiger partial charge is 0.339 e. The maximum atomic E-state index is 12.7. The molecular weight excluding hydrogens is 411 g/mol. The fraction of sp³-hybridized carbons (Fsp3) is 0.286. The molecule has 6 nitrogen and oxygen atoms in total. The van der Waals surface area contributed by atoms with Gasteiger partial charge in [-0.2, -0.15) is 4.98 Å². The van der Waals surface area contributed by atoms with Crippen molar-refractivity contribution in [3.8, 4) is 11.4 Å². The van der Waals surface area contributed by atoms with E-state index in [1.165, 1.54) is 0 Å². The number of likely N-dealkylation sites (tertiary alicyclic amines) is 1. The van der Waals surface area contributed by atoms with E-state index in [-0.39, 0.29) is 11.9 Å². The van der Waals surface area contributed by atoms with E-state index in [9.17, 15) is 4.79 Å². The molecule has 4 rings (SSSR count). The zero-order chi connectivity index (χ0) is 20.4. The number of piperidine rings is 1. The summed E-state index contributed by atoms with van der Waals surface area (Å²) < 4.78 is 5.52. The van der Waals surface area contributed by atoms with Gasteiger partial charge in [0.05, 0.1) is 21.7 Å². The highest BCUT2D eigenvalue weighted by Gasteiger charge is 2.29. The Bertz CT molecular complexity index is 1020. The molecule has 1 unspecified atom stereocenters. The molecule has 0 radical (unpaired) electrons. The summed E-state index contributed by atoms with van der Waals surface area (Å²) in [7, 11) is 0. The summed E-state index contributed by atoms with van der Waals surface area (Å²) in [4.78, 5) is 19.0. The molecule has 0 saturated carbocycles. The highest BCUT2D eigenvalue weighted by atomic mass is 35.5. The normalized spacial score (nSPS) is 16.7. The molecule has 1 N–H and O–H groups in total. The summed E-state index contributed by atoms with van der Waals surface area (Å²) in [6.45, 7) is 3.15. The van der Waals surface area contributed by atoms with Crippen molar-refractivity contribution >= 4 is 34.9 Å². The monoisotopic (exact) mass is 430 g/mol. The van der Waals surface area contributed by atoms with E-state index in [0.717, 1.165) is 24.0 Å². The van der Waals surface area contributed by atoms with Gasteiger partial charge in [0, 0.05) is 18.7 Å². The number of hydrogen-bond donors (Lipinski definition) is 1. The van der Waals surface area contributed by atoms with Crippen molar-refractivity contribution < 1.29 is 9.32 Å². The predicted molar refractivity (Wildman–Crippen MR) is 113 cm³/mol. The molecule has 8 heteroatoms. The quantitative estimate of drug-likeness (QED) is 0.572. The molecule has 1 aliphatic rings. The highest BCUT2D eigenvalue weighted by molar-refractivity contribution is 6.39. The molecule has 0 bridgehead atoms. The zero-order valence-electron chi connectivity index (χ0n) is 15.9. The van der Waals surface area contributed by atoms with Gasteiger partial charge in [-0.05, 0) is 38.0 Å². The summed E-state index contributed by atoms with van der Waals surface area (Å²) in [5.74, 6) is 1.10. The number of urea groups is 1. The van der Waals surface area contributed by atoms with Crippen LogP contribution in [-0.2, 0) is 0 Å². The second-order valence-corrected chi connectivity index (χ2v) is 7.95. The molecule has 0 spiro atoms. The number of anilines is 1. The number of amides is 2. The third-order valence-corrected chi connectivity index (χ3v) is 5.60. The molecule has 29 heavy (non-hydrogen) atoms. The molecule has 1 aliphatic heterocycles. The van der Waals surface area contributed by atoms with Crippen LogP contribution in [0.3, 0.4) is 0 Å². The SMILES string of the molecule is Cc1cccc(-c2noc(C3CCCN(C(=O)Nc4c(Cl)cccc4Cl)C3)n2)c1. The van der Waals surface area contributed by atoms with E-state index in [1.54, 1.807) is 23.1 Å². The smallest absolute Gasteiger partial charge is 0.321 e. The number of carbonyl (C=O) groups excluding carboxylic acids is 1. The first-order chi connectivity index (χ1) is 14.0. The van der Waals surface area contributed by atoms with Crippen LogP contribution in [-0.4, -0.2) is 34.2 Å². The second kappa shape index (κ2) is 8.43. The number of aryl methyl sites for hydroxylation is 1. The number of rotatable bonds is 3. The molecular formula is C21H20Cl2N4O2. The van der Waals surface area contributed by atoms with E-state index in [4.69, 9.17) is 27.7 Å². The molecule has 2 amide bonds. The fourth-order valence-electron chi connectivity index (χ4n) is 3.47. The van der Waals surface area contributed by atoms with Gasteiger partial charge >= 0.3 is 6.03 Å². The van der Waals surface area contributed by atoms with Crippen LogP contribution in [0.1, 0.15) is 30.2 Å². The first kappa shape index (κ1) is 19.7. The molecule has 2 heterocycles. The van der Waals surface area contributed by atoms with E-state index in [1.807, 2.05) is 31.2 Å². The van der Waals surface area contributed by atoms with E-state index in [2.05, 4.69) is 15.5 Å². The number of nitrogens with zero attached hydrogens (tertiary/aromatic N) is 3. The van der Waals surface area contributed by atoms with Crippen molar-refractivity contribution in [2.75, 3.05) is 18.4 Å². The van der Waals surface area contributed by atoms with Gasteiger partial charge in [0.2, 0.25) is 11.7 Å². The van der Waals surface area contributed by atoms with Crippen molar-refractivity contribution in [3.05, 3.63) is 64.0 Å². The minimum atomic E-state index is -0.247. The predicted octanol–water partition coefficient (Wildman–Crippen LogP) is 5.76. The lowest BCUT2D eigenvalue weighted by Crippen LogP contribution is -2.41. The lowest BCUT2D eigenvalue weighted by atomic mass is 9.98. The Kier molecular flexibility index (Phi) is 5.74. The Morgan fingerprint density at radius 1 is 1.21 bits per heavy atom. The Morgan fingerprint density at radius 3 is 2.72 bits per heavy atom. The Balaban J connectivity index is 1.47. The van der Waals surface area contributed by atoms with Crippen molar-refractivity contribution in [1.29, 1.82) is 0 Å². The summed E-state index contributed by atoms with van der Waals surface area (Å²) in [5, 5.41) is 7.74. The van der Waals surface area contributed by atoms with Gasteiger partial charge in [0.15, 0.2) is 0 Å². The molecule has 1 atom stereocenters. The Labute approximate surface area is 178 Å². The lowest BCUT2D eigenvalue weighted by molar-refractivity contribution is 0.184. The lowest BCUT2D eigenvalue weighted by Gasteiger charge is -2.31. The molecule has 1 saturated heterocycles. The molecule has 3 aromatic rings. The minimum Gasteiger partial charge on any atom is -0.339 e. The second-order valence-electron chi connectivity index (χ2n) is 7.14. The van der Waals surface area contributed by atoms with Crippen LogP contribution in [0.15, 0.2) is 47.0 Å². The number of carbonyl (C=O) groups is 1. The van der Waals surface area contributed by atoms with Gasteiger partial charge < -0.3 is 14.7 Å². The first-order valence-corrected chi connectivity index (χ1v) is 10.2. The zero-order valence-corrected chi connectivity index (χ0v) is 17.4. The maximum Gasteiger partial charge on any atom is 0.321 e. The summed E-state index contributed by atoms with van der Waals surface area (Å²) >= 11 is 12.3. The van der Waals surface area contributed by atoms with E-state index >= 15 is 0 Å². The number of para-hydroxylation sites is 1. The van der Waals surface area contributed by atoms with Gasteiger partial charge in [-0.15, -0.1) is 0 Å². The number of halogens is 2. The number of benzene rings is 2. The van der Waals surface area contributed by atoms with Crippen LogP contribution >= 0.6 is 23.2 Å². The molecule has 1 aromatic heterocycles. The topological polar surface area (TPSA) is 71.3 Å². The van der Waals surface area contributed by atoms with Crippen molar-refractivity contribution in [2.24, 2.45) is 0 Å². The molecule has 0 aliphatic carbocycles. The van der Waals surface area contributed by atoms with Crippen LogP contribution in [0.25, 0.3) is 11.4 Å².